The van der Waals surface area contributed by atoms with Crippen LogP contribution in [0.15, 0.2) is 68.0 Å². The van der Waals surface area contributed by atoms with Crippen LogP contribution in [0.4, 0.5) is 0 Å². The van der Waals surface area contributed by atoms with Gasteiger partial charge in [0, 0.05) is 26.3 Å². The molecule has 16 nitrogen and oxygen atoms in total. The third kappa shape index (κ3) is 27.2. The summed E-state index contributed by atoms with van der Waals surface area (Å²) in [5.41, 5.74) is 1.46. The van der Waals surface area contributed by atoms with Gasteiger partial charge in [0.25, 0.3) is 0 Å². The van der Waals surface area contributed by atoms with E-state index in [1.54, 1.807) is 56.3 Å². The van der Waals surface area contributed by atoms with E-state index in [4.69, 9.17) is 29.2 Å². The van der Waals surface area contributed by atoms with E-state index in [-0.39, 0.29) is 66.7 Å². The zero-order valence-electron chi connectivity index (χ0n) is 44.6. The summed E-state index contributed by atoms with van der Waals surface area (Å²) in [6, 6.07) is 15.1. The zero-order valence-corrected chi connectivity index (χ0v) is 49.4. The minimum Gasteiger partial charge on any atom is -0.507 e. The number of aliphatic hydroxyl groups is 8. The van der Waals surface area contributed by atoms with Gasteiger partial charge in [-0.05, 0) is 184 Å². The number of hydrogen-bond donors (Lipinski definition) is 11. The highest BCUT2D eigenvalue weighted by atomic mass is 79.9. The first kappa shape index (κ1) is 68.0. The maximum atomic E-state index is 11.0. The molecule has 0 spiro atoms. The zero-order chi connectivity index (χ0) is 56.3. The van der Waals surface area contributed by atoms with Crippen molar-refractivity contribution >= 4 is 54.1 Å². The van der Waals surface area contributed by atoms with E-state index in [0.717, 1.165) is 51.9 Å². The molecule has 2 aliphatic heterocycles. The van der Waals surface area contributed by atoms with E-state index in [1.807, 2.05) is 13.0 Å². The lowest BCUT2D eigenvalue weighted by Crippen LogP contribution is -2.36. The molecule has 0 saturated carbocycles. The van der Waals surface area contributed by atoms with Crippen LogP contribution >= 0.6 is 47.8 Å². The smallest absolute Gasteiger partial charge is 0.188 e. The van der Waals surface area contributed by atoms with Gasteiger partial charge in [-0.3, -0.25) is 4.79 Å². The van der Waals surface area contributed by atoms with Crippen LogP contribution in [0, 0.1) is 0 Å². The summed E-state index contributed by atoms with van der Waals surface area (Å²) >= 11 is 10.1. The Hall–Kier alpha value is -2.31. The Morgan fingerprint density at radius 3 is 1.36 bits per heavy atom. The number of carbonyl (C=O) groups excluding carboxylic acids is 1. The maximum absolute atomic E-state index is 11.0. The molecule has 2 saturated heterocycles. The summed E-state index contributed by atoms with van der Waals surface area (Å²) in [6.45, 7) is 7.44. The molecule has 0 radical (unpaired) electrons. The number of aromatic hydroxyl groups is 3. The van der Waals surface area contributed by atoms with Crippen molar-refractivity contribution in [1.29, 1.82) is 0 Å². The van der Waals surface area contributed by atoms with Crippen LogP contribution in [0.1, 0.15) is 190 Å². The molecule has 0 aliphatic carbocycles. The first-order valence-corrected chi connectivity index (χ1v) is 29.4. The molecule has 12 unspecified atom stereocenters. The van der Waals surface area contributed by atoms with Crippen LogP contribution < -0.4 is 0 Å². The van der Waals surface area contributed by atoms with Gasteiger partial charge < -0.3 is 75.1 Å². The van der Waals surface area contributed by atoms with E-state index >= 15 is 0 Å². The third-order valence-electron chi connectivity index (χ3n) is 13.5. The van der Waals surface area contributed by atoms with Gasteiger partial charge in [0.05, 0.1) is 89.9 Å². The van der Waals surface area contributed by atoms with Gasteiger partial charge in [-0.15, -0.1) is 0 Å². The molecule has 3 aromatic carbocycles. The molecule has 2 heterocycles. The Labute approximate surface area is 475 Å². The molecule has 2 aliphatic rings. The Bertz CT molecular complexity index is 2070. The number of halogens is 3. The number of rotatable bonds is 29. The van der Waals surface area contributed by atoms with Crippen LogP contribution in [-0.4, -0.2) is 136 Å². The normalized spacial score (nSPS) is 22.8. The van der Waals surface area contributed by atoms with Crippen molar-refractivity contribution in [3.05, 3.63) is 84.7 Å². The summed E-state index contributed by atoms with van der Waals surface area (Å²) in [4.78, 5) is 10.2. The molecule has 0 bridgehead atoms. The Balaban J connectivity index is 0.000000374. The number of carbonyl (C=O) groups is 1. The number of ether oxygens (including phenoxy) is 4. The van der Waals surface area contributed by atoms with Crippen LogP contribution in [0.5, 0.6) is 17.2 Å². The van der Waals surface area contributed by atoms with Crippen LogP contribution in [0.2, 0.25) is 0 Å². The van der Waals surface area contributed by atoms with Crippen molar-refractivity contribution < 1.29 is 79.9 Å². The van der Waals surface area contributed by atoms with Crippen molar-refractivity contribution in [3.63, 3.8) is 0 Å². The quantitative estimate of drug-likeness (QED) is 0.0288. The Morgan fingerprint density at radius 2 is 0.895 bits per heavy atom. The van der Waals surface area contributed by atoms with E-state index < -0.39 is 49.2 Å². The second-order valence-electron chi connectivity index (χ2n) is 20.5. The second kappa shape index (κ2) is 36.8. The number of aliphatic hydroxyl groups excluding tert-OH is 8. The summed E-state index contributed by atoms with van der Waals surface area (Å²) in [5.74, 6) is 0.255. The number of hydrogen-bond acceptors (Lipinski definition) is 16. The van der Waals surface area contributed by atoms with Crippen molar-refractivity contribution in [2.24, 2.45) is 0 Å². The summed E-state index contributed by atoms with van der Waals surface area (Å²) in [5, 5.41) is 109. The second-order valence-corrected chi connectivity index (χ2v) is 23.2. The number of benzene rings is 3. The lowest BCUT2D eigenvalue weighted by atomic mass is 9.96. The van der Waals surface area contributed by atoms with Gasteiger partial charge in [0.2, 0.25) is 0 Å². The molecule has 0 amide bonds. The highest BCUT2D eigenvalue weighted by Crippen LogP contribution is 2.40. The van der Waals surface area contributed by atoms with Gasteiger partial charge in [-0.1, -0.05) is 61.6 Å². The molecule has 3 aromatic rings. The summed E-state index contributed by atoms with van der Waals surface area (Å²) < 4.78 is 27.3. The highest BCUT2D eigenvalue weighted by Gasteiger charge is 2.35. The number of aldehydes is 1. The Morgan fingerprint density at radius 1 is 0.500 bits per heavy atom. The fraction of sp³-hybridized carbons (Fsp3) is 0.667. The maximum Gasteiger partial charge on any atom is 0.188 e. The van der Waals surface area contributed by atoms with Crippen molar-refractivity contribution in [2.45, 2.75) is 242 Å². The molecule has 2 fully saturated rings. The molecular formula is C57H87Br3O16. The van der Waals surface area contributed by atoms with Gasteiger partial charge >= 0.3 is 0 Å². The molecule has 11 N–H and O–H groups in total. The highest BCUT2D eigenvalue weighted by molar-refractivity contribution is 9.11. The lowest BCUT2D eigenvalue weighted by molar-refractivity contribution is -0.254. The number of phenols is 3. The first-order chi connectivity index (χ1) is 36.1. The predicted molar refractivity (Wildman–Crippen MR) is 301 cm³/mol. The van der Waals surface area contributed by atoms with E-state index in [1.165, 1.54) is 6.07 Å². The monoisotopic (exact) mass is 1260 g/mol. The fourth-order valence-corrected chi connectivity index (χ4v) is 10.3. The first-order valence-electron chi connectivity index (χ1n) is 27.1. The van der Waals surface area contributed by atoms with Gasteiger partial charge in [0.1, 0.15) is 17.2 Å². The van der Waals surface area contributed by atoms with E-state index in [0.29, 0.717) is 100 Å². The van der Waals surface area contributed by atoms with E-state index in [2.05, 4.69) is 54.7 Å². The summed E-state index contributed by atoms with van der Waals surface area (Å²) in [7, 11) is 0. The third-order valence-corrected chi connectivity index (χ3v) is 14.9. The predicted octanol–water partition coefficient (Wildman–Crippen LogP) is 10.6. The molecule has 19 heteroatoms. The molecule has 432 valence electrons. The average molecular weight is 1270 g/mol. The average Bonchev–Trinajstić information content (AvgIpc) is 3.36. The lowest BCUT2D eigenvalue weighted by Gasteiger charge is -2.37. The molecule has 76 heavy (non-hydrogen) atoms. The van der Waals surface area contributed by atoms with Gasteiger partial charge in [0.15, 0.2) is 18.9 Å². The summed E-state index contributed by atoms with van der Waals surface area (Å²) in [6.07, 6.45) is 6.54. The van der Waals surface area contributed by atoms with Gasteiger partial charge in [-0.25, -0.2) is 0 Å². The topological polar surface area (TPSA) is 277 Å². The fourth-order valence-electron chi connectivity index (χ4n) is 9.14. The SMILES string of the molecule is CCC(O)CC(O)CCCC(O)CC(O)CC(O)CCC[C@H](C)O.CCC1CC(CCCC(O)CC2CC(CCC[C@H](C)O)OC(c3cc(Br)ccc3O)O2)OC(c2cc(Br)ccc2O)O1.O=Cc1cc(Br)ccc1O. The van der Waals surface area contributed by atoms with Crippen LogP contribution in [0.25, 0.3) is 0 Å². The van der Waals surface area contributed by atoms with Crippen LogP contribution in [-0.2, 0) is 18.9 Å². The van der Waals surface area contributed by atoms with Crippen molar-refractivity contribution in [1.82, 2.24) is 0 Å². The van der Waals surface area contributed by atoms with Crippen molar-refractivity contribution in [2.75, 3.05) is 0 Å². The molecule has 5 rings (SSSR count). The number of phenolic OH excluding ortho intramolecular Hbond substituents is 3. The van der Waals surface area contributed by atoms with E-state index in [9.17, 15) is 50.8 Å². The Kier molecular flexibility index (Phi) is 33.0. The van der Waals surface area contributed by atoms with Crippen molar-refractivity contribution in [3.8, 4) is 17.2 Å². The largest absolute Gasteiger partial charge is 0.507 e. The molecular weight excluding hydrogens is 1180 g/mol. The molecule has 14 atom stereocenters. The minimum absolute atomic E-state index is 0.0122. The van der Waals surface area contributed by atoms with Crippen LogP contribution in [0.3, 0.4) is 0 Å². The molecule has 0 aromatic heterocycles. The van der Waals surface area contributed by atoms with Gasteiger partial charge in [-0.2, -0.15) is 0 Å². The minimum atomic E-state index is -0.756. The standard InChI is InChI=1S/C32H44Br2O8.C18H38O6.C7H5BrO2/c1-3-23-17-24(40-31(39-23)27-14-20(33)10-12-29(27)37)9-5-7-22(36)16-26-18-25(8-4-6-19(2)35)41-32(42-26)28-15-21(34)11-13-30(28)38;1-3-14(20)10-15(21)8-5-9-17(23)12-18(24)11-16(22)7-4-6-13(2)19;8-6-1-2-7(10)5(3-6)4-9/h10-15,19,22-26,31-32,35-38H,3-9,16-18H2,1-2H3;13-24H,3-12H2,1-2H3;1-4,10H/t19-,22?,23?,24?,25?,26?,31?,32?;13-,14?,15?,16?,17?,18?;/m00./s1.